The molecule has 86 valence electrons. The lowest BCUT2D eigenvalue weighted by molar-refractivity contribution is 0.327. The van der Waals surface area contributed by atoms with Gasteiger partial charge in [-0.05, 0) is 55.0 Å². The van der Waals surface area contributed by atoms with Crippen molar-refractivity contribution in [1.82, 2.24) is 0 Å². The third-order valence-electron chi connectivity index (χ3n) is 2.24. The van der Waals surface area contributed by atoms with Crippen LogP contribution < -0.4 is 5.73 Å². The Hall–Kier alpha value is 0.430. The molecule has 0 aliphatic rings. The number of benzene rings is 1. The molecular weight excluding hydrogens is 341 g/mol. The van der Waals surface area contributed by atoms with Crippen LogP contribution in [0.2, 0.25) is 0 Å². The van der Waals surface area contributed by atoms with E-state index >= 15 is 0 Å². The fourth-order valence-corrected chi connectivity index (χ4v) is 1.85. The van der Waals surface area contributed by atoms with Crippen LogP contribution in [0, 0.1) is 5.41 Å². The zero-order valence-corrected chi connectivity index (χ0v) is 13.0. The Balaban J connectivity index is 0.00000196. The van der Waals surface area contributed by atoms with Crippen LogP contribution >= 0.6 is 44.3 Å². The summed E-state index contributed by atoms with van der Waals surface area (Å²) >= 11 is 6.92. The van der Waals surface area contributed by atoms with Gasteiger partial charge in [0.15, 0.2) is 0 Å². The van der Waals surface area contributed by atoms with Crippen molar-refractivity contribution in [2.45, 2.75) is 26.8 Å². The standard InChI is InChI=1S/C11H15Br2N.ClH/c1-11(2,3)10(14)7-4-5-8(12)9(13)6-7;/h4-6,10H,14H2,1-3H3;1H/t10-;/m1./s1. The quantitative estimate of drug-likeness (QED) is 0.776. The summed E-state index contributed by atoms with van der Waals surface area (Å²) in [5, 5.41) is 0. The second kappa shape index (κ2) is 5.67. The first-order chi connectivity index (χ1) is 6.32. The van der Waals surface area contributed by atoms with Gasteiger partial charge in [0.05, 0.1) is 0 Å². The first kappa shape index (κ1) is 15.4. The second-order valence-corrected chi connectivity index (χ2v) is 6.23. The second-order valence-electron chi connectivity index (χ2n) is 4.52. The first-order valence-corrected chi connectivity index (χ1v) is 6.11. The summed E-state index contributed by atoms with van der Waals surface area (Å²) < 4.78 is 2.11. The Morgan fingerprint density at radius 3 is 2.07 bits per heavy atom. The van der Waals surface area contributed by atoms with E-state index in [4.69, 9.17) is 5.73 Å². The Labute approximate surface area is 114 Å². The molecule has 0 radical (unpaired) electrons. The molecule has 0 aliphatic carbocycles. The SMILES string of the molecule is CC(C)(C)[C@H](N)c1ccc(Br)c(Br)c1.Cl. The predicted molar refractivity (Wildman–Crippen MR) is 75.5 cm³/mol. The van der Waals surface area contributed by atoms with Gasteiger partial charge in [0.2, 0.25) is 0 Å². The summed E-state index contributed by atoms with van der Waals surface area (Å²) in [6, 6.07) is 6.21. The molecular formula is C11H16Br2ClN. The van der Waals surface area contributed by atoms with Gasteiger partial charge < -0.3 is 5.73 Å². The molecule has 2 N–H and O–H groups in total. The number of rotatable bonds is 1. The molecule has 1 rings (SSSR count). The largest absolute Gasteiger partial charge is 0.324 e. The Morgan fingerprint density at radius 2 is 1.67 bits per heavy atom. The number of halogens is 3. The van der Waals surface area contributed by atoms with Crippen LogP contribution in [0.25, 0.3) is 0 Å². The summed E-state index contributed by atoms with van der Waals surface area (Å²) in [5.74, 6) is 0. The van der Waals surface area contributed by atoms with Crippen LogP contribution in [-0.4, -0.2) is 0 Å². The maximum Gasteiger partial charge on any atom is 0.0344 e. The average molecular weight is 358 g/mol. The lowest BCUT2D eigenvalue weighted by Gasteiger charge is -2.27. The van der Waals surface area contributed by atoms with E-state index in [9.17, 15) is 0 Å². The molecule has 1 nitrogen and oxygen atoms in total. The Bertz CT molecular complexity index is 334. The van der Waals surface area contributed by atoms with Gasteiger partial charge >= 0.3 is 0 Å². The third kappa shape index (κ3) is 4.06. The monoisotopic (exact) mass is 355 g/mol. The Kier molecular flexibility index (Phi) is 5.83. The van der Waals surface area contributed by atoms with Crippen molar-refractivity contribution >= 4 is 44.3 Å². The predicted octanol–water partition coefficient (Wildman–Crippen LogP) is 4.68. The first-order valence-electron chi connectivity index (χ1n) is 4.53. The summed E-state index contributed by atoms with van der Waals surface area (Å²) in [5.41, 5.74) is 7.41. The molecule has 1 aromatic rings. The van der Waals surface area contributed by atoms with Gasteiger partial charge in [0, 0.05) is 15.0 Å². The zero-order valence-electron chi connectivity index (χ0n) is 9.05. The lowest BCUT2D eigenvalue weighted by atomic mass is 9.83. The van der Waals surface area contributed by atoms with Crippen molar-refractivity contribution in [3.8, 4) is 0 Å². The van der Waals surface area contributed by atoms with Gasteiger partial charge in [0.1, 0.15) is 0 Å². The van der Waals surface area contributed by atoms with E-state index in [2.05, 4.69) is 64.8 Å². The molecule has 1 atom stereocenters. The number of hydrogen-bond acceptors (Lipinski definition) is 1. The molecule has 0 bridgehead atoms. The fourth-order valence-electron chi connectivity index (χ4n) is 1.21. The Morgan fingerprint density at radius 1 is 1.13 bits per heavy atom. The molecule has 0 fully saturated rings. The van der Waals surface area contributed by atoms with Crippen molar-refractivity contribution in [3.63, 3.8) is 0 Å². The van der Waals surface area contributed by atoms with Crippen molar-refractivity contribution < 1.29 is 0 Å². The zero-order chi connectivity index (χ0) is 10.9. The molecule has 4 heteroatoms. The topological polar surface area (TPSA) is 26.0 Å². The maximum atomic E-state index is 6.15. The molecule has 0 saturated heterocycles. The summed E-state index contributed by atoms with van der Waals surface area (Å²) in [7, 11) is 0. The molecule has 15 heavy (non-hydrogen) atoms. The molecule has 0 amide bonds. The van der Waals surface area contributed by atoms with Gasteiger partial charge in [-0.15, -0.1) is 12.4 Å². The van der Waals surface area contributed by atoms with Crippen LogP contribution in [0.15, 0.2) is 27.1 Å². The highest BCUT2D eigenvalue weighted by molar-refractivity contribution is 9.13. The summed E-state index contributed by atoms with van der Waals surface area (Å²) in [4.78, 5) is 0. The van der Waals surface area contributed by atoms with Gasteiger partial charge in [-0.1, -0.05) is 26.8 Å². The van der Waals surface area contributed by atoms with Crippen molar-refractivity contribution in [2.75, 3.05) is 0 Å². The maximum absolute atomic E-state index is 6.15. The number of nitrogens with two attached hydrogens (primary N) is 1. The smallest absolute Gasteiger partial charge is 0.0344 e. The fraction of sp³-hybridized carbons (Fsp3) is 0.455. The van der Waals surface area contributed by atoms with Crippen LogP contribution in [-0.2, 0) is 0 Å². The van der Waals surface area contributed by atoms with Crippen molar-refractivity contribution in [2.24, 2.45) is 11.1 Å². The van der Waals surface area contributed by atoms with E-state index in [0.29, 0.717) is 0 Å². The summed E-state index contributed by atoms with van der Waals surface area (Å²) in [6.45, 7) is 6.44. The average Bonchev–Trinajstić information content (AvgIpc) is 2.07. The van der Waals surface area contributed by atoms with Crippen LogP contribution in [0.4, 0.5) is 0 Å². The number of hydrogen-bond donors (Lipinski definition) is 1. The highest BCUT2D eigenvalue weighted by Gasteiger charge is 2.22. The minimum atomic E-state index is 0. The molecule has 0 unspecified atom stereocenters. The molecule has 0 saturated carbocycles. The lowest BCUT2D eigenvalue weighted by Crippen LogP contribution is -2.26. The van der Waals surface area contributed by atoms with E-state index in [1.165, 1.54) is 0 Å². The van der Waals surface area contributed by atoms with Crippen LogP contribution in [0.1, 0.15) is 32.4 Å². The van der Waals surface area contributed by atoms with Crippen molar-refractivity contribution in [3.05, 3.63) is 32.7 Å². The van der Waals surface area contributed by atoms with Gasteiger partial charge in [0.25, 0.3) is 0 Å². The molecule has 0 spiro atoms. The molecule has 1 aromatic carbocycles. The summed E-state index contributed by atoms with van der Waals surface area (Å²) in [6.07, 6.45) is 0. The molecule has 0 aliphatic heterocycles. The van der Waals surface area contributed by atoms with E-state index in [1.54, 1.807) is 0 Å². The van der Waals surface area contributed by atoms with Gasteiger partial charge in [-0.2, -0.15) is 0 Å². The van der Waals surface area contributed by atoms with E-state index in [-0.39, 0.29) is 23.9 Å². The third-order valence-corrected chi connectivity index (χ3v) is 4.12. The molecule has 0 heterocycles. The van der Waals surface area contributed by atoms with E-state index in [0.717, 1.165) is 14.5 Å². The van der Waals surface area contributed by atoms with Gasteiger partial charge in [-0.3, -0.25) is 0 Å². The van der Waals surface area contributed by atoms with Crippen LogP contribution in [0.5, 0.6) is 0 Å². The molecule has 0 aromatic heterocycles. The minimum absolute atomic E-state index is 0. The van der Waals surface area contributed by atoms with Crippen molar-refractivity contribution in [1.29, 1.82) is 0 Å². The van der Waals surface area contributed by atoms with Gasteiger partial charge in [-0.25, -0.2) is 0 Å². The van der Waals surface area contributed by atoms with Crippen LogP contribution in [0.3, 0.4) is 0 Å². The normalized spacial score (nSPS) is 13.2. The minimum Gasteiger partial charge on any atom is -0.324 e. The highest BCUT2D eigenvalue weighted by atomic mass is 79.9. The van der Waals surface area contributed by atoms with E-state index < -0.39 is 0 Å². The highest BCUT2D eigenvalue weighted by Crippen LogP contribution is 2.33. The van der Waals surface area contributed by atoms with E-state index in [1.807, 2.05) is 6.07 Å².